The third kappa shape index (κ3) is 68.7. The van der Waals surface area contributed by atoms with Crippen molar-refractivity contribution < 1.29 is 18.9 Å². The molecule has 2 aromatic heterocycles. The number of fused-ring (bicyclic) bond motifs is 3. The fraction of sp³-hybridized carbons (Fsp3) is 0.774. The van der Waals surface area contributed by atoms with Crippen LogP contribution in [0.1, 0.15) is 423 Å². The molecule has 3 aliphatic heterocycles. The molecule has 6 aliphatic rings. The van der Waals surface area contributed by atoms with Gasteiger partial charge in [-0.1, -0.05) is 363 Å². The van der Waals surface area contributed by atoms with Crippen molar-refractivity contribution in [1.29, 1.82) is 0 Å². The molecule has 3 aliphatic carbocycles. The highest BCUT2D eigenvalue weighted by Gasteiger charge is 2.46. The first-order chi connectivity index (χ1) is 59.2. The van der Waals surface area contributed by atoms with Crippen LogP contribution in [0.3, 0.4) is 0 Å². The van der Waals surface area contributed by atoms with Gasteiger partial charge in [-0.05, 0) is 221 Å². The van der Waals surface area contributed by atoms with Gasteiger partial charge in [-0.15, -0.1) is 26.3 Å². The van der Waals surface area contributed by atoms with Gasteiger partial charge < -0.3 is 18.9 Å². The monoisotopic (exact) mass is 1830 g/mol. The second kappa shape index (κ2) is 57.3. The Morgan fingerprint density at radius 1 is 0.298 bits per heavy atom. The first-order valence-electron chi connectivity index (χ1n) is 50.2. The van der Waals surface area contributed by atoms with Crippen molar-refractivity contribution in [3.05, 3.63) is 185 Å². The Labute approximate surface area is 804 Å². The van der Waals surface area contributed by atoms with Gasteiger partial charge in [0.15, 0.2) is 0 Å². The van der Waals surface area contributed by atoms with E-state index in [9.17, 15) is 28.8 Å². The van der Waals surface area contributed by atoms with Crippen molar-refractivity contribution in [3.63, 3.8) is 0 Å². The van der Waals surface area contributed by atoms with E-state index in [1.165, 1.54) is 137 Å². The number of aromatic nitrogens is 6. The molecule has 4 aromatic rings. The molecule has 0 bridgehead atoms. The fourth-order valence-corrected chi connectivity index (χ4v) is 13.8. The van der Waals surface area contributed by atoms with E-state index in [0.29, 0.717) is 118 Å². The third-order valence-electron chi connectivity index (χ3n) is 20.7. The van der Waals surface area contributed by atoms with Crippen molar-refractivity contribution in [1.82, 2.24) is 27.4 Å². The van der Waals surface area contributed by atoms with E-state index < -0.39 is 34.1 Å². The molecule has 3 saturated carbocycles. The van der Waals surface area contributed by atoms with Crippen LogP contribution in [0, 0.1) is 71.9 Å². The highest BCUT2D eigenvalue weighted by molar-refractivity contribution is 5.27. The van der Waals surface area contributed by atoms with Gasteiger partial charge in [-0.3, -0.25) is 0 Å². The zero-order valence-corrected chi connectivity index (χ0v) is 93.2. The molecule has 0 amide bonds. The number of rotatable bonds is 22. The standard InChI is InChI=1S/2C16H25N3O3.3C12H22O.C12H18O.C10H14.5C5H12/c2*1-6-10-17-13(20)18(11-7-2)15(22)19(14(17)21)12-8-9-16(3,4)5;3*1-12(2,3)7-6-9-4-5-10-11(8-9)13-10;1-12(2,3)11-7-5-10(6-8-11)9-13-4;1-10(2,3)9-7-5-4-6-8-9;5*1-5(2,3)4/h2*6-7H,1-2,8-12H2,3-5H3;3*9-11H,4-8H2,1-3H3;5-8H,9H2,1-4H3;4-8H,1-3H3;5*1-4H3. The highest BCUT2D eigenvalue weighted by Crippen LogP contribution is 2.45. The lowest BCUT2D eigenvalue weighted by molar-refractivity contribution is 0.185. The lowest BCUT2D eigenvalue weighted by Crippen LogP contribution is -2.54. The van der Waals surface area contributed by atoms with Crippen LogP contribution in [0.4, 0.5) is 0 Å². The molecule has 2 aromatic carbocycles. The summed E-state index contributed by atoms with van der Waals surface area (Å²) in [5, 5.41) is 0. The van der Waals surface area contributed by atoms with E-state index >= 15 is 0 Å². The van der Waals surface area contributed by atoms with Gasteiger partial charge in [0.1, 0.15) is 0 Å². The molecule has 6 fully saturated rings. The molecular weight excluding hydrogens is 1630 g/mol. The van der Waals surface area contributed by atoms with Crippen LogP contribution >= 0.6 is 0 Å². The molecule has 0 radical (unpaired) electrons. The lowest BCUT2D eigenvalue weighted by atomic mass is 9.81. The Kier molecular flexibility index (Phi) is 55.6. The Morgan fingerprint density at radius 2 is 0.511 bits per heavy atom. The summed E-state index contributed by atoms with van der Waals surface area (Å²) in [7, 11) is 1.72. The second-order valence-corrected chi connectivity index (χ2v) is 53.9. The molecule has 131 heavy (non-hydrogen) atoms. The zero-order chi connectivity index (χ0) is 102. The number of epoxide rings is 3. The van der Waals surface area contributed by atoms with Gasteiger partial charge in [0.25, 0.3) is 0 Å². The van der Waals surface area contributed by atoms with Crippen LogP contribution in [0.2, 0.25) is 0 Å². The Bertz CT molecular complexity index is 3810. The zero-order valence-electron chi connectivity index (χ0n) is 93.2. The third-order valence-corrected chi connectivity index (χ3v) is 20.7. The number of hydrogen-bond donors (Lipinski definition) is 0. The maximum atomic E-state index is 12.4. The molecule has 5 heterocycles. The molecule has 0 spiro atoms. The predicted octanol–water partition coefficient (Wildman–Crippen LogP) is 29.3. The van der Waals surface area contributed by atoms with E-state index in [1.807, 2.05) is 0 Å². The number of ether oxygens (including phenoxy) is 4. The smallest absolute Gasteiger partial charge is 0.336 e. The Morgan fingerprint density at radius 3 is 0.695 bits per heavy atom. The number of benzene rings is 2. The Hall–Kier alpha value is -5.94. The SMILES string of the molecule is C=CCn1c(=O)n(CC=C)c(=O)n(CCCC(C)(C)C)c1=O.C=CCn1c(=O)n(CC=C)c(=O)n(CCCC(C)(C)C)c1=O.CC(C)(C)C.CC(C)(C)C.CC(C)(C)C.CC(C)(C)C.CC(C)(C)C.CC(C)(C)CCC1CCC2OC2C1.CC(C)(C)CCC1CCC2OC2C1.CC(C)(C)CCC1CCC2OC2C1.CC(C)(C)c1ccccc1.COCc1ccc(C(C)(C)C)cc1. The molecule has 3 saturated heterocycles. The lowest BCUT2D eigenvalue weighted by Gasteiger charge is -2.24. The van der Waals surface area contributed by atoms with E-state index in [0.717, 1.165) is 58.0 Å². The van der Waals surface area contributed by atoms with Gasteiger partial charge in [-0.2, -0.15) is 0 Å². The summed E-state index contributed by atoms with van der Waals surface area (Å²) in [5.74, 6) is 2.88. The largest absolute Gasteiger partial charge is 0.380 e. The summed E-state index contributed by atoms with van der Waals surface area (Å²) < 4.78 is 28.0. The summed E-state index contributed by atoms with van der Waals surface area (Å²) in [6.07, 6.45) is 33.6. The summed E-state index contributed by atoms with van der Waals surface area (Å²) in [6.45, 7) is 107. The summed E-state index contributed by atoms with van der Waals surface area (Å²) in [6, 6.07) is 19.2. The average Bonchev–Trinajstić information content (AvgIpc) is 1.40. The normalized spacial score (nSPS) is 19.6. The van der Waals surface area contributed by atoms with Crippen molar-refractivity contribution in [2.45, 2.75) is 499 Å². The van der Waals surface area contributed by atoms with Gasteiger partial charge in [0, 0.05) is 20.2 Å². The molecule has 9 unspecified atom stereocenters. The van der Waals surface area contributed by atoms with Crippen LogP contribution < -0.4 is 34.1 Å². The van der Waals surface area contributed by atoms with Crippen molar-refractivity contribution in [2.75, 3.05) is 7.11 Å². The molecule has 10 rings (SSSR count). The van der Waals surface area contributed by atoms with Gasteiger partial charge >= 0.3 is 34.1 Å². The van der Waals surface area contributed by atoms with Crippen LogP contribution in [0.5, 0.6) is 0 Å². The fourth-order valence-electron chi connectivity index (χ4n) is 13.8. The van der Waals surface area contributed by atoms with Crippen LogP contribution in [-0.4, -0.2) is 71.1 Å². The van der Waals surface area contributed by atoms with E-state index in [4.69, 9.17) is 18.9 Å². The molecule has 0 N–H and O–H groups in total. The van der Waals surface area contributed by atoms with Crippen molar-refractivity contribution >= 4 is 0 Å². The van der Waals surface area contributed by atoms with Gasteiger partial charge in [-0.25, -0.2) is 56.2 Å². The number of methoxy groups -OCH3 is 1. The van der Waals surface area contributed by atoms with E-state index in [2.05, 4.69) is 365 Å². The summed E-state index contributed by atoms with van der Waals surface area (Å²) in [4.78, 5) is 73.8. The number of allylic oxidation sites excluding steroid dienone is 4. The first kappa shape index (κ1) is 127. The molecule has 758 valence electrons. The minimum Gasteiger partial charge on any atom is -0.380 e. The van der Waals surface area contributed by atoms with Gasteiger partial charge in [0.05, 0.1) is 69.4 Å². The summed E-state index contributed by atoms with van der Waals surface area (Å²) in [5.41, 5.74) is 5.26. The van der Waals surface area contributed by atoms with Crippen LogP contribution in [0.25, 0.3) is 0 Å². The minimum absolute atomic E-state index is 0.0777. The maximum absolute atomic E-state index is 12.4. The molecule has 16 heteroatoms. The topological polar surface area (TPSA) is 179 Å². The average molecular weight is 1830 g/mol. The molecule has 16 nitrogen and oxygen atoms in total. The van der Waals surface area contributed by atoms with Gasteiger partial charge in [0.2, 0.25) is 0 Å². The van der Waals surface area contributed by atoms with Crippen LogP contribution in [0.15, 0.2) is 134 Å². The van der Waals surface area contributed by atoms with Crippen molar-refractivity contribution in [3.8, 4) is 0 Å². The Balaban J connectivity index is 0. The first-order valence-corrected chi connectivity index (χ1v) is 50.2. The predicted molar refractivity (Wildman–Crippen MR) is 567 cm³/mol. The van der Waals surface area contributed by atoms with E-state index in [-0.39, 0.29) is 42.4 Å². The van der Waals surface area contributed by atoms with Crippen LogP contribution in [-0.2, 0) is 75.7 Å². The maximum Gasteiger partial charge on any atom is 0.336 e. The number of hydrogen-bond acceptors (Lipinski definition) is 10. The molecular formula is C115H208N6O10. The second-order valence-electron chi connectivity index (χ2n) is 53.9. The quantitative estimate of drug-likeness (QED) is 0.0543. The summed E-state index contributed by atoms with van der Waals surface area (Å²) >= 11 is 0. The number of nitrogens with zero attached hydrogens (tertiary/aromatic N) is 6. The highest BCUT2D eigenvalue weighted by atomic mass is 16.6. The minimum atomic E-state index is -0.623. The van der Waals surface area contributed by atoms with E-state index in [1.54, 1.807) is 7.11 Å². The molecule has 9 atom stereocenters. The van der Waals surface area contributed by atoms with Crippen molar-refractivity contribution in [2.24, 2.45) is 71.9 Å².